The third-order valence-electron chi connectivity index (χ3n) is 2.48. The molecule has 0 bridgehead atoms. The van der Waals surface area contributed by atoms with Gasteiger partial charge in [-0.3, -0.25) is 9.78 Å². The summed E-state index contributed by atoms with van der Waals surface area (Å²) in [5.41, 5.74) is 0.487. The number of hydrogen-bond donors (Lipinski definition) is 1. The van der Waals surface area contributed by atoms with E-state index < -0.39 is 0 Å². The van der Waals surface area contributed by atoms with Crippen molar-refractivity contribution in [2.24, 2.45) is 5.92 Å². The van der Waals surface area contributed by atoms with E-state index in [2.05, 4.69) is 15.3 Å². The van der Waals surface area contributed by atoms with Gasteiger partial charge in [0.1, 0.15) is 5.69 Å². The highest BCUT2D eigenvalue weighted by Crippen LogP contribution is 2.14. The second-order valence-electron chi connectivity index (χ2n) is 3.50. The molecule has 0 aromatic carbocycles. The average molecular weight is 191 g/mol. The van der Waals surface area contributed by atoms with Gasteiger partial charge in [-0.1, -0.05) is 0 Å². The van der Waals surface area contributed by atoms with Gasteiger partial charge in [-0.05, 0) is 19.4 Å². The predicted octanol–water partition coefficient (Wildman–Crippen LogP) is 0.659. The summed E-state index contributed by atoms with van der Waals surface area (Å²) in [5, 5.41) is 3.22. The highest BCUT2D eigenvalue weighted by Gasteiger charge is 2.22. The third-order valence-corrected chi connectivity index (χ3v) is 2.48. The van der Waals surface area contributed by atoms with Crippen LogP contribution in [-0.2, 0) is 0 Å². The number of nitrogens with one attached hydrogen (secondary N) is 1. The van der Waals surface area contributed by atoms with E-state index in [-0.39, 0.29) is 11.7 Å². The molecule has 0 saturated carbocycles. The summed E-state index contributed by atoms with van der Waals surface area (Å²) in [4.78, 5) is 19.8. The molecule has 0 radical (unpaired) electrons. The van der Waals surface area contributed by atoms with Crippen LogP contribution in [0.1, 0.15) is 23.3 Å². The molecular weight excluding hydrogens is 178 g/mol. The van der Waals surface area contributed by atoms with Gasteiger partial charge in [-0.25, -0.2) is 4.98 Å². The summed E-state index contributed by atoms with van der Waals surface area (Å²) in [7, 11) is 0. The molecular formula is C10H13N3O. The van der Waals surface area contributed by atoms with Crippen LogP contribution in [0, 0.1) is 5.92 Å². The van der Waals surface area contributed by atoms with Gasteiger partial charge < -0.3 is 5.32 Å². The predicted molar refractivity (Wildman–Crippen MR) is 52.0 cm³/mol. The highest BCUT2D eigenvalue weighted by atomic mass is 16.1. The fourth-order valence-electron chi connectivity index (χ4n) is 1.71. The van der Waals surface area contributed by atoms with Gasteiger partial charge >= 0.3 is 0 Å². The van der Waals surface area contributed by atoms with Crippen LogP contribution in [0.5, 0.6) is 0 Å². The van der Waals surface area contributed by atoms with Crippen molar-refractivity contribution in [1.29, 1.82) is 0 Å². The van der Waals surface area contributed by atoms with Crippen LogP contribution >= 0.6 is 0 Å². The molecule has 1 aliphatic rings. The lowest BCUT2D eigenvalue weighted by atomic mass is 9.93. The molecule has 2 rings (SSSR count). The zero-order chi connectivity index (χ0) is 9.80. The molecule has 0 aliphatic carbocycles. The second kappa shape index (κ2) is 4.28. The number of carbonyl (C=O) groups excluding carboxylic acids is 1. The topological polar surface area (TPSA) is 54.9 Å². The van der Waals surface area contributed by atoms with Crippen LogP contribution in [0.2, 0.25) is 0 Å². The lowest BCUT2D eigenvalue weighted by Gasteiger charge is -2.20. The summed E-state index contributed by atoms with van der Waals surface area (Å²) in [5.74, 6) is 0.200. The SMILES string of the molecule is O=C(c1cnccn1)C1CCCNC1. The van der Waals surface area contributed by atoms with Crippen molar-refractivity contribution in [3.8, 4) is 0 Å². The molecule has 0 spiro atoms. The zero-order valence-electron chi connectivity index (χ0n) is 7.94. The van der Waals surface area contributed by atoms with Crippen molar-refractivity contribution in [2.45, 2.75) is 12.8 Å². The van der Waals surface area contributed by atoms with Gasteiger partial charge in [-0.15, -0.1) is 0 Å². The first-order chi connectivity index (χ1) is 6.88. The summed E-state index contributed by atoms with van der Waals surface area (Å²) in [6.07, 6.45) is 6.70. The van der Waals surface area contributed by atoms with E-state index in [0.29, 0.717) is 5.69 Å². The van der Waals surface area contributed by atoms with E-state index in [9.17, 15) is 4.79 Å². The van der Waals surface area contributed by atoms with Gasteiger partial charge in [-0.2, -0.15) is 0 Å². The Balaban J connectivity index is 2.07. The van der Waals surface area contributed by atoms with Crippen LogP contribution in [0.4, 0.5) is 0 Å². The Labute approximate surface area is 82.8 Å². The molecule has 1 N–H and O–H groups in total. The quantitative estimate of drug-likeness (QED) is 0.698. The first kappa shape index (κ1) is 9.27. The Morgan fingerprint density at radius 2 is 2.43 bits per heavy atom. The fourth-order valence-corrected chi connectivity index (χ4v) is 1.71. The van der Waals surface area contributed by atoms with Crippen LogP contribution in [-0.4, -0.2) is 28.8 Å². The minimum absolute atomic E-state index is 0.0837. The number of piperidine rings is 1. The number of Topliss-reactive ketones (excluding diaryl/α,β-unsaturated/α-hetero) is 1. The first-order valence-corrected chi connectivity index (χ1v) is 4.89. The largest absolute Gasteiger partial charge is 0.316 e. The van der Waals surface area contributed by atoms with Crippen LogP contribution in [0.15, 0.2) is 18.6 Å². The van der Waals surface area contributed by atoms with Gasteiger partial charge in [0.15, 0.2) is 5.78 Å². The number of nitrogens with zero attached hydrogens (tertiary/aromatic N) is 2. The lowest BCUT2D eigenvalue weighted by molar-refractivity contribution is 0.0894. The molecule has 2 heterocycles. The van der Waals surface area contributed by atoms with Crippen molar-refractivity contribution in [3.05, 3.63) is 24.3 Å². The molecule has 1 unspecified atom stereocenters. The van der Waals surface area contributed by atoms with Crippen molar-refractivity contribution in [2.75, 3.05) is 13.1 Å². The summed E-state index contributed by atoms with van der Waals surface area (Å²) < 4.78 is 0. The number of aromatic nitrogens is 2. The monoisotopic (exact) mass is 191 g/mol. The first-order valence-electron chi connectivity index (χ1n) is 4.89. The maximum atomic E-state index is 11.9. The second-order valence-corrected chi connectivity index (χ2v) is 3.50. The van der Waals surface area contributed by atoms with Gasteiger partial charge in [0, 0.05) is 24.9 Å². The Bertz CT molecular complexity index is 306. The van der Waals surface area contributed by atoms with Gasteiger partial charge in [0.2, 0.25) is 0 Å². The van der Waals surface area contributed by atoms with Crippen LogP contribution in [0.3, 0.4) is 0 Å². The molecule has 1 aliphatic heterocycles. The molecule has 1 fully saturated rings. The molecule has 0 amide bonds. The molecule has 4 heteroatoms. The van der Waals surface area contributed by atoms with E-state index in [1.165, 1.54) is 6.20 Å². The Morgan fingerprint density at radius 3 is 3.07 bits per heavy atom. The third kappa shape index (κ3) is 1.96. The normalized spacial score (nSPS) is 21.9. The minimum Gasteiger partial charge on any atom is -0.316 e. The van der Waals surface area contributed by atoms with Crippen LogP contribution in [0.25, 0.3) is 0 Å². The van der Waals surface area contributed by atoms with Gasteiger partial charge in [0.25, 0.3) is 0 Å². The molecule has 4 nitrogen and oxygen atoms in total. The van der Waals surface area contributed by atoms with Gasteiger partial charge in [0.05, 0.1) is 6.20 Å². The maximum absolute atomic E-state index is 11.9. The molecule has 14 heavy (non-hydrogen) atoms. The maximum Gasteiger partial charge on any atom is 0.187 e. The zero-order valence-corrected chi connectivity index (χ0v) is 7.94. The van der Waals surface area contributed by atoms with E-state index in [0.717, 1.165) is 25.9 Å². The van der Waals surface area contributed by atoms with E-state index in [1.807, 2.05) is 0 Å². The summed E-state index contributed by atoms with van der Waals surface area (Å²) in [6.45, 7) is 1.79. The molecule has 74 valence electrons. The smallest absolute Gasteiger partial charge is 0.187 e. The highest BCUT2D eigenvalue weighted by molar-refractivity contribution is 5.95. The van der Waals surface area contributed by atoms with Crippen LogP contribution < -0.4 is 5.32 Å². The molecule has 1 atom stereocenters. The molecule has 1 aromatic rings. The standard InChI is InChI=1S/C10H13N3O/c14-10(8-2-1-3-11-6-8)9-7-12-4-5-13-9/h4-5,7-8,11H,1-3,6H2. The van der Waals surface area contributed by atoms with Crippen molar-refractivity contribution >= 4 is 5.78 Å². The molecule has 1 saturated heterocycles. The number of carbonyl (C=O) groups is 1. The average Bonchev–Trinajstić information content (AvgIpc) is 2.30. The van der Waals surface area contributed by atoms with E-state index >= 15 is 0 Å². The Kier molecular flexibility index (Phi) is 2.84. The summed E-state index contributed by atoms with van der Waals surface area (Å²) >= 11 is 0. The van der Waals surface area contributed by atoms with E-state index in [4.69, 9.17) is 0 Å². The number of hydrogen-bond acceptors (Lipinski definition) is 4. The Morgan fingerprint density at radius 1 is 1.50 bits per heavy atom. The van der Waals surface area contributed by atoms with Crippen molar-refractivity contribution in [1.82, 2.24) is 15.3 Å². The van der Waals surface area contributed by atoms with E-state index in [1.54, 1.807) is 12.4 Å². The lowest BCUT2D eigenvalue weighted by Crippen LogP contribution is -2.34. The number of rotatable bonds is 2. The number of ketones is 1. The fraction of sp³-hybridized carbons (Fsp3) is 0.500. The summed E-state index contributed by atoms with van der Waals surface area (Å²) in [6, 6.07) is 0. The van der Waals surface area contributed by atoms with Crippen molar-refractivity contribution < 1.29 is 4.79 Å². The molecule has 1 aromatic heterocycles. The van der Waals surface area contributed by atoms with Crippen molar-refractivity contribution in [3.63, 3.8) is 0 Å². The minimum atomic E-state index is 0.0837. The Hall–Kier alpha value is -1.29.